The Morgan fingerprint density at radius 1 is 1.08 bits per heavy atom. The number of nitrogens with zero attached hydrogens (tertiary/aromatic N) is 1. The van der Waals surface area contributed by atoms with Gasteiger partial charge in [-0.1, -0.05) is 38.7 Å². The van der Waals surface area contributed by atoms with Crippen LogP contribution in [-0.4, -0.2) is 28.2 Å². The van der Waals surface area contributed by atoms with Crippen LogP contribution in [0.15, 0.2) is 24.5 Å². The molecule has 0 amide bonds. The molecule has 0 N–H and O–H groups in total. The van der Waals surface area contributed by atoms with Crippen molar-refractivity contribution in [2.24, 2.45) is 0 Å². The van der Waals surface area contributed by atoms with Crippen LogP contribution in [0, 0.1) is 0 Å². The molecule has 138 valence electrons. The van der Waals surface area contributed by atoms with Crippen LogP contribution in [-0.2, 0) is 19.6 Å². The van der Waals surface area contributed by atoms with E-state index in [1.165, 1.54) is 25.7 Å². The van der Waals surface area contributed by atoms with Gasteiger partial charge >= 0.3 is 17.1 Å². The van der Waals surface area contributed by atoms with Crippen molar-refractivity contribution < 1.29 is 13.0 Å². The smallest absolute Gasteiger partial charge is 0.323 e. The number of unbranched alkanes of at least 4 members (excludes halogenated alkanes) is 3. The van der Waals surface area contributed by atoms with Gasteiger partial charge in [0.2, 0.25) is 0 Å². The van der Waals surface area contributed by atoms with E-state index >= 15 is 0 Å². The maximum Gasteiger partial charge on any atom is 0.323 e. The number of aromatic nitrogens is 1. The predicted molar refractivity (Wildman–Crippen MR) is 104 cm³/mol. The molecule has 1 unspecified atom stereocenters. The molecule has 0 saturated heterocycles. The molecule has 1 rings (SSSR count). The van der Waals surface area contributed by atoms with E-state index in [1.54, 1.807) is 6.20 Å². The lowest BCUT2D eigenvalue weighted by Gasteiger charge is -2.34. The second kappa shape index (κ2) is 10.5. The number of hydrogen-bond donors (Lipinski definition) is 0. The van der Waals surface area contributed by atoms with Gasteiger partial charge < -0.3 is 13.0 Å². The van der Waals surface area contributed by atoms with E-state index < -0.39 is 17.1 Å². The number of rotatable bonds is 12. The third kappa shape index (κ3) is 9.69. The summed E-state index contributed by atoms with van der Waals surface area (Å²) in [6, 6.07) is 3.95. The van der Waals surface area contributed by atoms with Crippen molar-refractivity contribution in [2.45, 2.75) is 84.9 Å². The van der Waals surface area contributed by atoms with Gasteiger partial charge in [0.1, 0.15) is 0 Å². The number of pyridine rings is 1. The van der Waals surface area contributed by atoms with E-state index in [9.17, 15) is 0 Å². The van der Waals surface area contributed by atoms with E-state index in [1.807, 2.05) is 18.3 Å². The van der Waals surface area contributed by atoms with Gasteiger partial charge in [0.25, 0.3) is 0 Å². The molecule has 1 atom stereocenters. The Morgan fingerprint density at radius 2 is 1.83 bits per heavy atom. The molecule has 6 heteroatoms. The van der Waals surface area contributed by atoms with Crippen LogP contribution in [0.3, 0.4) is 0 Å². The van der Waals surface area contributed by atoms with E-state index in [2.05, 4.69) is 45.0 Å². The van der Waals surface area contributed by atoms with Crippen LogP contribution >= 0.6 is 0 Å². The van der Waals surface area contributed by atoms with Gasteiger partial charge in [-0.05, 0) is 51.2 Å². The fourth-order valence-corrected chi connectivity index (χ4v) is 9.55. The zero-order chi connectivity index (χ0) is 18.1. The van der Waals surface area contributed by atoms with Gasteiger partial charge in [0.15, 0.2) is 0 Å². The summed E-state index contributed by atoms with van der Waals surface area (Å²) < 4.78 is 18.7. The summed E-state index contributed by atoms with van der Waals surface area (Å²) in [7, 11) is -4.41. The molecule has 1 heterocycles. The van der Waals surface area contributed by atoms with E-state index in [-0.39, 0.29) is 6.10 Å². The monoisotopic (exact) mass is 369 g/mol. The molecule has 0 aromatic carbocycles. The lowest BCUT2D eigenvalue weighted by Crippen LogP contribution is -2.49. The molecular weight excluding hydrogens is 334 g/mol. The van der Waals surface area contributed by atoms with Crippen molar-refractivity contribution in [3.8, 4) is 0 Å². The highest BCUT2D eigenvalue weighted by molar-refractivity contribution is 6.78. The second-order valence-corrected chi connectivity index (χ2v) is 14.3. The Balaban J connectivity index is 2.39. The van der Waals surface area contributed by atoms with Gasteiger partial charge in [0.05, 0.1) is 6.61 Å². The minimum atomic E-state index is -2.22. The van der Waals surface area contributed by atoms with E-state index in [4.69, 9.17) is 13.0 Å². The Bertz CT molecular complexity index is 455. The Kier molecular flexibility index (Phi) is 9.37. The largest absolute Gasteiger partial charge is 0.415 e. The van der Waals surface area contributed by atoms with E-state index in [0.29, 0.717) is 6.61 Å². The van der Waals surface area contributed by atoms with Crippen molar-refractivity contribution in [3.05, 3.63) is 30.1 Å². The molecule has 0 bridgehead atoms. The van der Waals surface area contributed by atoms with Crippen LogP contribution in [0.5, 0.6) is 0 Å². The van der Waals surface area contributed by atoms with Gasteiger partial charge in [-0.15, -0.1) is 0 Å². The summed E-state index contributed by atoms with van der Waals surface area (Å²) in [6.07, 6.45) is 10.1. The first-order valence-corrected chi connectivity index (χ1v) is 14.8. The maximum absolute atomic E-state index is 6.36. The van der Waals surface area contributed by atoms with E-state index in [0.717, 1.165) is 12.0 Å². The first-order chi connectivity index (χ1) is 11.2. The highest BCUT2D eigenvalue weighted by Gasteiger charge is 2.37. The van der Waals surface area contributed by atoms with Crippen molar-refractivity contribution in [1.82, 2.24) is 4.98 Å². The molecule has 0 radical (unpaired) electrons. The Hall–Kier alpha value is -0.536. The molecule has 0 aliphatic carbocycles. The van der Waals surface area contributed by atoms with Gasteiger partial charge in [-0.3, -0.25) is 4.98 Å². The lowest BCUT2D eigenvalue weighted by molar-refractivity contribution is 0.141. The lowest BCUT2D eigenvalue weighted by atomic mass is 10.1. The molecule has 1 aromatic rings. The summed E-state index contributed by atoms with van der Waals surface area (Å²) in [5, 5.41) is 0. The molecule has 0 aliphatic heterocycles. The SMILES string of the molecule is CCCCCCC(C)O[Si](C)(C)O[Si](C)(C)OCc1cccnc1. The third-order valence-corrected chi connectivity index (χ3v) is 9.49. The highest BCUT2D eigenvalue weighted by atomic mass is 28.5. The quantitative estimate of drug-likeness (QED) is 0.366. The van der Waals surface area contributed by atoms with Crippen molar-refractivity contribution in [3.63, 3.8) is 0 Å². The Labute approximate surface area is 150 Å². The average molecular weight is 370 g/mol. The molecular formula is C18H35NO3Si2. The first kappa shape index (κ1) is 21.5. The molecule has 4 nitrogen and oxygen atoms in total. The molecule has 1 aromatic heterocycles. The standard InChI is InChI=1S/C18H35NO3Si2/c1-7-8-9-10-12-17(2)21-24(5,6)22-23(3,4)20-16-18-13-11-14-19-15-18/h11,13-15,17H,7-10,12,16H2,1-6H3. The maximum atomic E-state index is 6.36. The van der Waals surface area contributed by atoms with Crippen molar-refractivity contribution in [1.29, 1.82) is 0 Å². The highest BCUT2D eigenvalue weighted by Crippen LogP contribution is 2.21. The summed E-state index contributed by atoms with van der Waals surface area (Å²) in [5.74, 6) is 0. The van der Waals surface area contributed by atoms with Crippen LogP contribution in [0.1, 0.15) is 51.5 Å². The summed E-state index contributed by atoms with van der Waals surface area (Å²) >= 11 is 0. The fourth-order valence-electron chi connectivity index (χ4n) is 2.79. The van der Waals surface area contributed by atoms with Crippen molar-refractivity contribution in [2.75, 3.05) is 0 Å². The summed E-state index contributed by atoms with van der Waals surface area (Å²) in [5.41, 5.74) is 1.08. The van der Waals surface area contributed by atoms with Crippen molar-refractivity contribution >= 4 is 17.1 Å². The minimum Gasteiger partial charge on any atom is -0.415 e. The van der Waals surface area contributed by atoms with Crippen LogP contribution < -0.4 is 0 Å². The van der Waals surface area contributed by atoms with Crippen LogP contribution in [0.4, 0.5) is 0 Å². The van der Waals surface area contributed by atoms with Crippen LogP contribution in [0.25, 0.3) is 0 Å². The molecule has 0 fully saturated rings. The Morgan fingerprint density at radius 3 is 2.46 bits per heavy atom. The summed E-state index contributed by atoms with van der Waals surface area (Å²) in [6.45, 7) is 13.4. The molecule has 0 saturated carbocycles. The zero-order valence-electron chi connectivity index (χ0n) is 16.3. The van der Waals surface area contributed by atoms with Gasteiger partial charge in [0, 0.05) is 18.5 Å². The zero-order valence-corrected chi connectivity index (χ0v) is 18.3. The normalized spacial score (nSPS) is 13.9. The summed E-state index contributed by atoms with van der Waals surface area (Å²) in [4.78, 5) is 4.12. The number of hydrogen-bond acceptors (Lipinski definition) is 4. The predicted octanol–water partition coefficient (Wildman–Crippen LogP) is 5.39. The van der Waals surface area contributed by atoms with Gasteiger partial charge in [-0.25, -0.2) is 0 Å². The topological polar surface area (TPSA) is 40.6 Å². The second-order valence-electron chi connectivity index (χ2n) is 7.33. The molecule has 0 spiro atoms. The molecule has 0 aliphatic rings. The third-order valence-electron chi connectivity index (χ3n) is 3.75. The first-order valence-electron chi connectivity index (χ1n) is 9.15. The average Bonchev–Trinajstić information content (AvgIpc) is 2.49. The van der Waals surface area contributed by atoms with Crippen LogP contribution in [0.2, 0.25) is 26.2 Å². The van der Waals surface area contributed by atoms with Gasteiger partial charge in [-0.2, -0.15) is 0 Å². The fraction of sp³-hybridized carbons (Fsp3) is 0.722. The molecule has 24 heavy (non-hydrogen) atoms. The minimum absolute atomic E-state index is 0.256.